The highest BCUT2D eigenvalue weighted by Crippen LogP contribution is 2.19. The van der Waals surface area contributed by atoms with Crippen LogP contribution in [0.3, 0.4) is 0 Å². The first-order valence-corrected chi connectivity index (χ1v) is 6.30. The molecule has 0 amide bonds. The lowest BCUT2D eigenvalue weighted by atomic mass is 10.0. The lowest BCUT2D eigenvalue weighted by molar-refractivity contribution is 0.590. The molecule has 0 aliphatic rings. The first-order chi connectivity index (χ1) is 7.79. The molecule has 0 aliphatic heterocycles. The molecule has 16 heavy (non-hydrogen) atoms. The molecular formula is C13H16N2S. The fourth-order valence-corrected chi connectivity index (χ4v) is 2.38. The number of aromatic nitrogens is 1. The molecule has 1 aromatic heterocycles. The Hall–Kier alpha value is -1.19. The van der Waals surface area contributed by atoms with Crippen molar-refractivity contribution in [1.29, 1.82) is 0 Å². The smallest absolute Gasteiger partial charge is 0.0943 e. The van der Waals surface area contributed by atoms with Gasteiger partial charge in [-0.2, -0.15) is 0 Å². The average Bonchev–Trinajstić information content (AvgIpc) is 2.80. The van der Waals surface area contributed by atoms with Crippen LogP contribution < -0.4 is 5.32 Å². The Labute approximate surface area is 100 Å². The van der Waals surface area contributed by atoms with Crippen molar-refractivity contribution in [3.63, 3.8) is 0 Å². The zero-order valence-electron chi connectivity index (χ0n) is 9.60. The summed E-state index contributed by atoms with van der Waals surface area (Å²) in [6.45, 7) is 2.11. The Bertz CT molecular complexity index is 420. The Morgan fingerprint density at radius 1 is 1.31 bits per heavy atom. The van der Waals surface area contributed by atoms with E-state index < -0.39 is 0 Å². The molecule has 0 spiro atoms. The third-order valence-corrected chi connectivity index (χ3v) is 3.49. The maximum Gasteiger partial charge on any atom is 0.0943 e. The molecule has 3 heteroatoms. The van der Waals surface area contributed by atoms with Gasteiger partial charge in [-0.15, -0.1) is 11.3 Å². The number of benzene rings is 1. The summed E-state index contributed by atoms with van der Waals surface area (Å²) in [6, 6.07) is 9.03. The fourth-order valence-electron chi connectivity index (χ4n) is 1.71. The van der Waals surface area contributed by atoms with Gasteiger partial charge in [-0.3, -0.25) is 0 Å². The molecule has 0 saturated heterocycles. The van der Waals surface area contributed by atoms with E-state index >= 15 is 0 Å². The Morgan fingerprint density at radius 3 is 2.62 bits per heavy atom. The number of nitrogens with one attached hydrogen (secondary N) is 1. The van der Waals surface area contributed by atoms with Gasteiger partial charge in [-0.1, -0.05) is 29.8 Å². The van der Waals surface area contributed by atoms with Crippen LogP contribution in [-0.4, -0.2) is 12.0 Å². The van der Waals surface area contributed by atoms with Crippen LogP contribution in [-0.2, 0) is 6.42 Å². The molecule has 1 atom stereocenters. The molecule has 84 valence electrons. The maximum atomic E-state index is 4.33. The fraction of sp³-hybridized carbons (Fsp3) is 0.308. The van der Waals surface area contributed by atoms with Gasteiger partial charge in [-0.25, -0.2) is 4.98 Å². The van der Waals surface area contributed by atoms with E-state index in [2.05, 4.69) is 41.5 Å². The summed E-state index contributed by atoms with van der Waals surface area (Å²) in [5.41, 5.74) is 2.62. The maximum absolute atomic E-state index is 4.33. The summed E-state index contributed by atoms with van der Waals surface area (Å²) >= 11 is 1.71. The minimum Gasteiger partial charge on any atom is -0.313 e. The zero-order chi connectivity index (χ0) is 11.4. The minimum atomic E-state index is 0.353. The number of rotatable bonds is 4. The van der Waals surface area contributed by atoms with Crippen molar-refractivity contribution in [3.05, 3.63) is 52.0 Å². The molecule has 1 N–H and O–H groups in total. The minimum absolute atomic E-state index is 0.353. The lowest BCUT2D eigenvalue weighted by Crippen LogP contribution is -2.18. The SMILES string of the molecule is CNC(Cc1nccs1)c1ccc(C)cc1. The van der Waals surface area contributed by atoms with Gasteiger partial charge in [0.25, 0.3) is 0 Å². The predicted molar refractivity (Wildman–Crippen MR) is 68.8 cm³/mol. The van der Waals surface area contributed by atoms with Gasteiger partial charge in [-0.05, 0) is 19.5 Å². The molecule has 0 aliphatic carbocycles. The van der Waals surface area contributed by atoms with Crippen LogP contribution in [0.5, 0.6) is 0 Å². The quantitative estimate of drug-likeness (QED) is 0.876. The summed E-state index contributed by atoms with van der Waals surface area (Å²) in [5.74, 6) is 0. The highest BCUT2D eigenvalue weighted by molar-refractivity contribution is 7.09. The molecule has 2 nitrogen and oxygen atoms in total. The second-order valence-electron chi connectivity index (χ2n) is 3.88. The van der Waals surface area contributed by atoms with Crippen molar-refractivity contribution in [2.45, 2.75) is 19.4 Å². The van der Waals surface area contributed by atoms with E-state index in [9.17, 15) is 0 Å². The Kier molecular flexibility index (Phi) is 3.70. The van der Waals surface area contributed by atoms with Crippen molar-refractivity contribution >= 4 is 11.3 Å². The van der Waals surface area contributed by atoms with Crippen LogP contribution in [0.15, 0.2) is 35.8 Å². The summed E-state index contributed by atoms with van der Waals surface area (Å²) in [4.78, 5) is 4.33. The van der Waals surface area contributed by atoms with Crippen LogP contribution in [0.25, 0.3) is 0 Å². The molecular weight excluding hydrogens is 216 g/mol. The van der Waals surface area contributed by atoms with Crippen LogP contribution >= 0.6 is 11.3 Å². The van der Waals surface area contributed by atoms with Crippen molar-refractivity contribution < 1.29 is 0 Å². The monoisotopic (exact) mass is 232 g/mol. The summed E-state index contributed by atoms with van der Waals surface area (Å²) in [5, 5.41) is 6.55. The Morgan fingerprint density at radius 2 is 2.06 bits per heavy atom. The number of thiazole rings is 1. The van der Waals surface area contributed by atoms with E-state index in [0.29, 0.717) is 6.04 Å². The van der Waals surface area contributed by atoms with E-state index in [1.54, 1.807) is 11.3 Å². The van der Waals surface area contributed by atoms with Gasteiger partial charge >= 0.3 is 0 Å². The molecule has 0 bridgehead atoms. The van der Waals surface area contributed by atoms with Gasteiger partial charge < -0.3 is 5.32 Å². The topological polar surface area (TPSA) is 24.9 Å². The molecule has 1 heterocycles. The van der Waals surface area contributed by atoms with Crippen LogP contribution in [0.4, 0.5) is 0 Å². The molecule has 0 radical (unpaired) electrons. The van der Waals surface area contributed by atoms with Crippen LogP contribution in [0.2, 0.25) is 0 Å². The van der Waals surface area contributed by atoms with Gasteiger partial charge in [0.2, 0.25) is 0 Å². The molecule has 0 saturated carbocycles. The predicted octanol–water partition coefficient (Wildman–Crippen LogP) is 2.95. The average molecular weight is 232 g/mol. The van der Waals surface area contributed by atoms with Gasteiger partial charge in [0.15, 0.2) is 0 Å². The number of hydrogen-bond donors (Lipinski definition) is 1. The largest absolute Gasteiger partial charge is 0.313 e. The molecule has 0 fully saturated rings. The van der Waals surface area contributed by atoms with Crippen molar-refractivity contribution in [2.75, 3.05) is 7.05 Å². The number of hydrogen-bond acceptors (Lipinski definition) is 3. The lowest BCUT2D eigenvalue weighted by Gasteiger charge is -2.15. The molecule has 2 rings (SSSR count). The van der Waals surface area contributed by atoms with Crippen molar-refractivity contribution in [1.82, 2.24) is 10.3 Å². The van der Waals surface area contributed by atoms with E-state index in [1.165, 1.54) is 16.1 Å². The van der Waals surface area contributed by atoms with Gasteiger partial charge in [0, 0.05) is 24.0 Å². The standard InChI is InChI=1S/C13H16N2S/c1-10-3-5-11(6-4-10)12(14-2)9-13-15-7-8-16-13/h3-8,12,14H,9H2,1-2H3. The second kappa shape index (κ2) is 5.23. The van der Waals surface area contributed by atoms with Crippen molar-refractivity contribution in [3.8, 4) is 0 Å². The number of nitrogens with zero attached hydrogens (tertiary/aromatic N) is 1. The van der Waals surface area contributed by atoms with Crippen LogP contribution in [0.1, 0.15) is 22.2 Å². The van der Waals surface area contributed by atoms with Gasteiger partial charge in [0.1, 0.15) is 0 Å². The summed E-state index contributed by atoms with van der Waals surface area (Å²) in [7, 11) is 2.00. The van der Waals surface area contributed by atoms with E-state index in [4.69, 9.17) is 0 Å². The third kappa shape index (κ3) is 2.68. The number of likely N-dealkylation sites (N-methyl/N-ethyl adjacent to an activating group) is 1. The van der Waals surface area contributed by atoms with E-state index in [0.717, 1.165) is 6.42 Å². The Balaban J connectivity index is 2.13. The van der Waals surface area contributed by atoms with Crippen LogP contribution in [0, 0.1) is 6.92 Å². The number of aryl methyl sites for hydroxylation is 1. The van der Waals surface area contributed by atoms with E-state index in [1.807, 2.05) is 18.6 Å². The molecule has 2 aromatic rings. The first kappa shape index (κ1) is 11.3. The highest BCUT2D eigenvalue weighted by atomic mass is 32.1. The zero-order valence-corrected chi connectivity index (χ0v) is 10.4. The summed E-state index contributed by atoms with van der Waals surface area (Å²) in [6.07, 6.45) is 2.82. The second-order valence-corrected chi connectivity index (χ2v) is 4.86. The molecule has 1 unspecified atom stereocenters. The van der Waals surface area contributed by atoms with E-state index in [-0.39, 0.29) is 0 Å². The third-order valence-electron chi connectivity index (χ3n) is 2.69. The highest BCUT2D eigenvalue weighted by Gasteiger charge is 2.10. The van der Waals surface area contributed by atoms with Crippen molar-refractivity contribution in [2.24, 2.45) is 0 Å². The normalized spacial score (nSPS) is 12.6. The van der Waals surface area contributed by atoms with Gasteiger partial charge in [0.05, 0.1) is 5.01 Å². The molecule has 1 aromatic carbocycles. The summed E-state index contributed by atoms with van der Waals surface area (Å²) < 4.78 is 0. The first-order valence-electron chi connectivity index (χ1n) is 5.42.